The highest BCUT2D eigenvalue weighted by atomic mass is 16.5. The van der Waals surface area contributed by atoms with Gasteiger partial charge >= 0.3 is 0 Å². The number of aliphatic hydroxyl groups is 1. The van der Waals surface area contributed by atoms with Crippen molar-refractivity contribution in [2.24, 2.45) is 5.92 Å². The maximum atomic E-state index is 13.1. The molecule has 4 rings (SSSR count). The molecule has 4 nitrogen and oxygen atoms in total. The molecule has 0 atom stereocenters. The highest BCUT2D eigenvalue weighted by molar-refractivity contribution is 5.89. The molecular formula is C21H23NO3. The fraction of sp³-hybridized carbons (Fsp3) is 0.381. The predicted octanol–water partition coefficient (Wildman–Crippen LogP) is 3.59. The second-order valence-corrected chi connectivity index (χ2v) is 7.02. The Morgan fingerprint density at radius 1 is 0.960 bits per heavy atom. The molecule has 2 aromatic carbocycles. The van der Waals surface area contributed by atoms with Crippen LogP contribution in [-0.4, -0.2) is 23.7 Å². The van der Waals surface area contributed by atoms with Gasteiger partial charge in [0.05, 0.1) is 5.92 Å². The van der Waals surface area contributed by atoms with Crippen molar-refractivity contribution in [3.8, 4) is 11.5 Å². The first-order valence-electron chi connectivity index (χ1n) is 9.03. The Morgan fingerprint density at radius 3 is 2.08 bits per heavy atom. The Labute approximate surface area is 147 Å². The van der Waals surface area contributed by atoms with Crippen molar-refractivity contribution in [3.63, 3.8) is 0 Å². The largest absolute Gasteiger partial charge is 0.457 e. The van der Waals surface area contributed by atoms with Gasteiger partial charge in [0.25, 0.3) is 0 Å². The van der Waals surface area contributed by atoms with Gasteiger partial charge in [-0.3, -0.25) is 4.79 Å². The zero-order valence-electron chi connectivity index (χ0n) is 14.2. The number of fused-ring (bicyclic) bond motifs is 2. The predicted molar refractivity (Wildman–Crippen MR) is 95.8 cm³/mol. The highest BCUT2D eigenvalue weighted by Crippen LogP contribution is 2.44. The summed E-state index contributed by atoms with van der Waals surface area (Å²) in [5.41, 5.74) is 1.84. The third-order valence-electron chi connectivity index (χ3n) is 5.39. The fourth-order valence-electron chi connectivity index (χ4n) is 3.97. The molecule has 25 heavy (non-hydrogen) atoms. The molecule has 0 bridgehead atoms. The second kappa shape index (κ2) is 6.89. The topological polar surface area (TPSA) is 58.6 Å². The van der Waals surface area contributed by atoms with Crippen LogP contribution in [0, 0.1) is 5.92 Å². The molecule has 0 spiro atoms. The van der Waals surface area contributed by atoms with Crippen molar-refractivity contribution in [1.29, 1.82) is 0 Å². The first-order valence-corrected chi connectivity index (χ1v) is 9.03. The molecule has 1 aliphatic carbocycles. The lowest BCUT2D eigenvalue weighted by Gasteiger charge is -2.31. The summed E-state index contributed by atoms with van der Waals surface area (Å²) in [5.74, 6) is 1.60. The van der Waals surface area contributed by atoms with Crippen LogP contribution in [0.5, 0.6) is 11.5 Å². The van der Waals surface area contributed by atoms with Crippen LogP contribution in [0.1, 0.15) is 42.7 Å². The number of aliphatic hydroxyl groups excluding tert-OH is 1. The molecule has 0 unspecified atom stereocenters. The third kappa shape index (κ3) is 3.14. The standard InChI is InChI=1S/C21H23NO3/c23-13-14-9-11-15(12-10-14)22-21(24)20-16-5-1-3-7-18(16)25-19-8-4-2-6-17(19)20/h1-8,14-15,20,23H,9-13H2,(H,22,24). The molecule has 130 valence electrons. The summed E-state index contributed by atoms with van der Waals surface area (Å²) < 4.78 is 5.97. The van der Waals surface area contributed by atoms with Crippen LogP contribution in [0.4, 0.5) is 0 Å². The van der Waals surface area contributed by atoms with Gasteiger partial charge in [-0.2, -0.15) is 0 Å². The summed E-state index contributed by atoms with van der Waals surface area (Å²) in [6.45, 7) is 0.251. The van der Waals surface area contributed by atoms with Crippen LogP contribution in [0.15, 0.2) is 48.5 Å². The number of hydrogen-bond acceptors (Lipinski definition) is 3. The highest BCUT2D eigenvalue weighted by Gasteiger charge is 2.33. The van der Waals surface area contributed by atoms with Gasteiger partial charge in [0.2, 0.25) is 5.91 Å². The van der Waals surface area contributed by atoms with E-state index in [1.807, 2.05) is 48.5 Å². The number of hydrogen-bond donors (Lipinski definition) is 2. The van der Waals surface area contributed by atoms with Gasteiger partial charge in [-0.1, -0.05) is 36.4 Å². The van der Waals surface area contributed by atoms with Gasteiger partial charge in [0.15, 0.2) is 0 Å². The molecule has 0 radical (unpaired) electrons. The number of amides is 1. The van der Waals surface area contributed by atoms with Crippen LogP contribution in [-0.2, 0) is 4.79 Å². The molecule has 4 heteroatoms. The average molecular weight is 337 g/mol. The van der Waals surface area contributed by atoms with E-state index in [1.165, 1.54) is 0 Å². The molecule has 1 saturated carbocycles. The minimum absolute atomic E-state index is 0.0376. The fourth-order valence-corrected chi connectivity index (χ4v) is 3.97. The van der Waals surface area contributed by atoms with Crippen molar-refractivity contribution in [2.45, 2.75) is 37.6 Å². The summed E-state index contributed by atoms with van der Waals surface area (Å²) in [6, 6.07) is 15.7. The first kappa shape index (κ1) is 16.2. The number of ether oxygens (including phenoxy) is 1. The molecule has 2 N–H and O–H groups in total. The molecule has 1 heterocycles. The lowest BCUT2D eigenvalue weighted by Crippen LogP contribution is -2.41. The third-order valence-corrected chi connectivity index (χ3v) is 5.39. The quantitative estimate of drug-likeness (QED) is 0.900. The molecule has 0 aromatic heterocycles. The molecule has 1 amide bonds. The number of carbonyl (C=O) groups is 1. The summed E-state index contributed by atoms with van der Waals surface area (Å²) >= 11 is 0. The Hall–Kier alpha value is -2.33. The lowest BCUT2D eigenvalue weighted by molar-refractivity contribution is -0.122. The van der Waals surface area contributed by atoms with E-state index >= 15 is 0 Å². The number of para-hydroxylation sites is 2. The van der Waals surface area contributed by atoms with E-state index in [9.17, 15) is 9.90 Å². The molecule has 1 fully saturated rings. The average Bonchev–Trinajstić information content (AvgIpc) is 2.66. The Kier molecular flexibility index (Phi) is 4.45. The minimum atomic E-state index is -0.336. The second-order valence-electron chi connectivity index (χ2n) is 7.02. The molecule has 2 aliphatic rings. The van der Waals surface area contributed by atoms with Crippen LogP contribution in [0.25, 0.3) is 0 Å². The van der Waals surface area contributed by atoms with E-state index < -0.39 is 0 Å². The maximum absolute atomic E-state index is 13.1. The molecule has 0 saturated heterocycles. The monoisotopic (exact) mass is 337 g/mol. The summed E-state index contributed by atoms with van der Waals surface area (Å²) in [7, 11) is 0. The van der Waals surface area contributed by atoms with Crippen molar-refractivity contribution >= 4 is 5.91 Å². The van der Waals surface area contributed by atoms with E-state index in [2.05, 4.69) is 5.32 Å². The van der Waals surface area contributed by atoms with Gasteiger partial charge in [0, 0.05) is 23.8 Å². The van der Waals surface area contributed by atoms with Crippen LogP contribution >= 0.6 is 0 Å². The summed E-state index contributed by atoms with van der Waals surface area (Å²) in [5, 5.41) is 12.5. The van der Waals surface area contributed by atoms with Crippen LogP contribution in [0.2, 0.25) is 0 Å². The Bertz CT molecular complexity index is 720. The zero-order chi connectivity index (χ0) is 17.2. The maximum Gasteiger partial charge on any atom is 0.232 e. The number of carbonyl (C=O) groups excluding carboxylic acids is 1. The Morgan fingerprint density at radius 2 is 1.52 bits per heavy atom. The van der Waals surface area contributed by atoms with Gasteiger partial charge < -0.3 is 15.2 Å². The van der Waals surface area contributed by atoms with Crippen molar-refractivity contribution in [1.82, 2.24) is 5.32 Å². The SMILES string of the molecule is O=C(NC1CCC(CO)CC1)C1c2ccccc2Oc2ccccc21. The van der Waals surface area contributed by atoms with E-state index in [0.717, 1.165) is 48.3 Å². The zero-order valence-corrected chi connectivity index (χ0v) is 14.2. The smallest absolute Gasteiger partial charge is 0.232 e. The minimum Gasteiger partial charge on any atom is -0.457 e. The lowest BCUT2D eigenvalue weighted by atomic mass is 9.84. The first-order chi connectivity index (χ1) is 12.3. The van der Waals surface area contributed by atoms with Gasteiger partial charge in [-0.05, 0) is 43.7 Å². The van der Waals surface area contributed by atoms with E-state index in [4.69, 9.17) is 4.74 Å². The van der Waals surface area contributed by atoms with Gasteiger partial charge in [-0.15, -0.1) is 0 Å². The van der Waals surface area contributed by atoms with Crippen molar-refractivity contribution in [3.05, 3.63) is 59.7 Å². The summed E-state index contributed by atoms with van der Waals surface area (Å²) in [6.07, 6.45) is 3.82. The number of rotatable bonds is 3. The number of nitrogens with one attached hydrogen (secondary N) is 1. The van der Waals surface area contributed by atoms with Crippen LogP contribution < -0.4 is 10.1 Å². The van der Waals surface area contributed by atoms with E-state index in [-0.39, 0.29) is 24.5 Å². The normalized spacial score (nSPS) is 22.4. The molecule has 2 aromatic rings. The van der Waals surface area contributed by atoms with Crippen molar-refractivity contribution < 1.29 is 14.6 Å². The number of benzene rings is 2. The molecular weight excluding hydrogens is 314 g/mol. The van der Waals surface area contributed by atoms with Gasteiger partial charge in [0.1, 0.15) is 11.5 Å². The Balaban J connectivity index is 1.58. The molecule has 1 aliphatic heterocycles. The van der Waals surface area contributed by atoms with Crippen molar-refractivity contribution in [2.75, 3.05) is 6.61 Å². The van der Waals surface area contributed by atoms with E-state index in [0.29, 0.717) is 5.92 Å². The van der Waals surface area contributed by atoms with E-state index in [1.54, 1.807) is 0 Å². The summed E-state index contributed by atoms with van der Waals surface area (Å²) in [4.78, 5) is 13.1. The van der Waals surface area contributed by atoms with Gasteiger partial charge in [-0.25, -0.2) is 0 Å². The van der Waals surface area contributed by atoms with Crippen LogP contribution in [0.3, 0.4) is 0 Å².